The van der Waals surface area contributed by atoms with Gasteiger partial charge < -0.3 is 10.6 Å². The quantitative estimate of drug-likeness (QED) is 0.740. The topological polar surface area (TPSA) is 69.8 Å². The van der Waals surface area contributed by atoms with Crippen LogP contribution in [0.15, 0.2) is 24.4 Å². The SMILES string of the molecule is O=C(CNC1CC1)Nc1cccc2cn[nH]c12. The maximum Gasteiger partial charge on any atom is 0.238 e. The van der Waals surface area contributed by atoms with Crippen LogP contribution in [0.5, 0.6) is 0 Å². The average molecular weight is 230 g/mol. The number of hydrogen-bond donors (Lipinski definition) is 3. The summed E-state index contributed by atoms with van der Waals surface area (Å²) in [6.45, 7) is 0.370. The minimum atomic E-state index is -0.0148. The molecule has 88 valence electrons. The van der Waals surface area contributed by atoms with Crippen molar-refractivity contribution < 1.29 is 4.79 Å². The van der Waals surface area contributed by atoms with E-state index in [4.69, 9.17) is 0 Å². The van der Waals surface area contributed by atoms with Crippen LogP contribution >= 0.6 is 0 Å². The third-order valence-corrected chi connectivity index (χ3v) is 2.88. The number of aromatic nitrogens is 2. The highest BCUT2D eigenvalue weighted by molar-refractivity contribution is 6.00. The van der Waals surface area contributed by atoms with Crippen molar-refractivity contribution in [3.8, 4) is 0 Å². The molecule has 3 rings (SSSR count). The number of hydrogen-bond acceptors (Lipinski definition) is 3. The number of rotatable bonds is 4. The number of benzene rings is 1. The van der Waals surface area contributed by atoms with Crippen LogP contribution in [0, 0.1) is 0 Å². The fourth-order valence-corrected chi connectivity index (χ4v) is 1.79. The van der Waals surface area contributed by atoms with Crippen molar-refractivity contribution in [1.29, 1.82) is 0 Å². The van der Waals surface area contributed by atoms with E-state index in [1.165, 1.54) is 12.8 Å². The van der Waals surface area contributed by atoms with E-state index in [9.17, 15) is 4.79 Å². The van der Waals surface area contributed by atoms with Crippen LogP contribution < -0.4 is 10.6 Å². The molecule has 1 amide bonds. The highest BCUT2D eigenvalue weighted by Gasteiger charge is 2.21. The third-order valence-electron chi connectivity index (χ3n) is 2.88. The summed E-state index contributed by atoms with van der Waals surface area (Å²) in [7, 11) is 0. The van der Waals surface area contributed by atoms with E-state index in [-0.39, 0.29) is 5.91 Å². The molecule has 0 bridgehead atoms. The van der Waals surface area contributed by atoms with Crippen LogP contribution in [0.3, 0.4) is 0 Å². The normalized spacial score (nSPS) is 15.1. The Balaban J connectivity index is 1.70. The van der Waals surface area contributed by atoms with Gasteiger partial charge in [0.25, 0.3) is 0 Å². The van der Waals surface area contributed by atoms with Crippen LogP contribution in [0.1, 0.15) is 12.8 Å². The number of carbonyl (C=O) groups excluding carboxylic acids is 1. The van der Waals surface area contributed by atoms with Crippen LogP contribution in [-0.2, 0) is 4.79 Å². The van der Waals surface area contributed by atoms with E-state index in [0.29, 0.717) is 12.6 Å². The third kappa shape index (κ3) is 2.29. The lowest BCUT2D eigenvalue weighted by Gasteiger charge is -2.06. The van der Waals surface area contributed by atoms with Crippen LogP contribution in [0.4, 0.5) is 5.69 Å². The maximum absolute atomic E-state index is 11.7. The Kier molecular flexibility index (Phi) is 2.53. The van der Waals surface area contributed by atoms with Gasteiger partial charge in [0.15, 0.2) is 0 Å². The molecular weight excluding hydrogens is 216 g/mol. The van der Waals surface area contributed by atoms with E-state index in [2.05, 4.69) is 20.8 Å². The standard InChI is InChI=1S/C12H14N4O/c17-11(7-13-9-4-5-9)15-10-3-1-2-8-6-14-16-12(8)10/h1-3,6,9,13H,4-5,7H2,(H,14,16)(H,15,17). The lowest BCUT2D eigenvalue weighted by atomic mass is 10.2. The van der Waals surface area contributed by atoms with Crippen molar-refractivity contribution >= 4 is 22.5 Å². The summed E-state index contributed by atoms with van der Waals surface area (Å²) in [5, 5.41) is 13.9. The molecule has 1 aliphatic rings. The summed E-state index contributed by atoms with van der Waals surface area (Å²) in [5.41, 5.74) is 1.65. The van der Waals surface area contributed by atoms with Gasteiger partial charge in [0.2, 0.25) is 5.91 Å². The van der Waals surface area contributed by atoms with Gasteiger partial charge in [0.1, 0.15) is 0 Å². The Morgan fingerprint density at radius 1 is 1.47 bits per heavy atom. The molecule has 1 aromatic heterocycles. The van der Waals surface area contributed by atoms with E-state index in [0.717, 1.165) is 16.6 Å². The number of H-pyrrole nitrogens is 1. The van der Waals surface area contributed by atoms with E-state index in [1.54, 1.807) is 6.20 Å². The average Bonchev–Trinajstić information content (AvgIpc) is 3.03. The Morgan fingerprint density at radius 2 is 2.35 bits per heavy atom. The second kappa shape index (κ2) is 4.18. The second-order valence-electron chi connectivity index (χ2n) is 4.34. The predicted octanol–water partition coefficient (Wildman–Crippen LogP) is 1.25. The van der Waals surface area contributed by atoms with Crippen LogP contribution in [-0.4, -0.2) is 28.7 Å². The summed E-state index contributed by atoms with van der Waals surface area (Å²) in [6, 6.07) is 6.28. The zero-order valence-electron chi connectivity index (χ0n) is 9.36. The minimum absolute atomic E-state index is 0.0148. The first-order valence-electron chi connectivity index (χ1n) is 5.78. The van der Waals surface area contributed by atoms with E-state index < -0.39 is 0 Å². The van der Waals surface area contributed by atoms with Gasteiger partial charge in [0, 0.05) is 11.4 Å². The molecule has 0 atom stereocenters. The Bertz CT molecular complexity index is 544. The monoisotopic (exact) mass is 230 g/mol. The van der Waals surface area contributed by atoms with Gasteiger partial charge in [-0.15, -0.1) is 0 Å². The zero-order chi connectivity index (χ0) is 11.7. The summed E-state index contributed by atoms with van der Waals surface area (Å²) >= 11 is 0. The highest BCUT2D eigenvalue weighted by atomic mass is 16.1. The van der Waals surface area contributed by atoms with Gasteiger partial charge in [-0.2, -0.15) is 5.10 Å². The Labute approximate surface area is 98.6 Å². The number of fused-ring (bicyclic) bond motifs is 1. The Morgan fingerprint density at radius 3 is 3.18 bits per heavy atom. The summed E-state index contributed by atoms with van der Waals surface area (Å²) in [6.07, 6.45) is 4.11. The van der Waals surface area contributed by atoms with Gasteiger partial charge >= 0.3 is 0 Å². The van der Waals surface area contributed by atoms with E-state index >= 15 is 0 Å². The number of para-hydroxylation sites is 1. The van der Waals surface area contributed by atoms with Gasteiger partial charge in [-0.05, 0) is 18.9 Å². The largest absolute Gasteiger partial charge is 0.323 e. The highest BCUT2D eigenvalue weighted by Crippen LogP contribution is 2.20. The fourth-order valence-electron chi connectivity index (χ4n) is 1.79. The summed E-state index contributed by atoms with van der Waals surface area (Å²) < 4.78 is 0. The maximum atomic E-state index is 11.7. The first-order valence-corrected chi connectivity index (χ1v) is 5.78. The number of nitrogens with one attached hydrogen (secondary N) is 3. The lowest BCUT2D eigenvalue weighted by molar-refractivity contribution is -0.115. The van der Waals surface area contributed by atoms with Crippen LogP contribution in [0.25, 0.3) is 10.9 Å². The molecule has 0 radical (unpaired) electrons. The summed E-state index contributed by atoms with van der Waals surface area (Å²) in [4.78, 5) is 11.7. The molecule has 5 heteroatoms. The van der Waals surface area contributed by atoms with Crippen LogP contribution in [0.2, 0.25) is 0 Å². The molecule has 5 nitrogen and oxygen atoms in total. The lowest BCUT2D eigenvalue weighted by Crippen LogP contribution is -2.29. The molecule has 0 aliphatic heterocycles. The molecule has 2 aromatic rings. The molecule has 1 saturated carbocycles. The molecular formula is C12H14N4O. The predicted molar refractivity (Wildman–Crippen MR) is 65.7 cm³/mol. The number of carbonyl (C=O) groups is 1. The molecule has 1 aromatic carbocycles. The smallest absolute Gasteiger partial charge is 0.238 e. The first-order chi connectivity index (χ1) is 8.33. The molecule has 17 heavy (non-hydrogen) atoms. The Hall–Kier alpha value is -1.88. The molecule has 1 fully saturated rings. The zero-order valence-corrected chi connectivity index (χ0v) is 9.36. The van der Waals surface area contributed by atoms with E-state index in [1.807, 2.05) is 18.2 Å². The molecule has 1 heterocycles. The van der Waals surface area contributed by atoms with Crippen molar-refractivity contribution in [3.63, 3.8) is 0 Å². The molecule has 0 unspecified atom stereocenters. The fraction of sp³-hybridized carbons (Fsp3) is 0.333. The van der Waals surface area contributed by atoms with Crippen molar-refractivity contribution in [2.45, 2.75) is 18.9 Å². The van der Waals surface area contributed by atoms with Gasteiger partial charge in [-0.3, -0.25) is 9.89 Å². The second-order valence-corrected chi connectivity index (χ2v) is 4.34. The molecule has 3 N–H and O–H groups in total. The first kappa shape index (κ1) is 10.3. The van der Waals surface area contributed by atoms with Gasteiger partial charge in [-0.25, -0.2) is 0 Å². The number of nitrogens with zero attached hydrogens (tertiary/aromatic N) is 1. The molecule has 0 spiro atoms. The minimum Gasteiger partial charge on any atom is -0.323 e. The summed E-state index contributed by atoms with van der Waals surface area (Å²) in [5.74, 6) is -0.0148. The molecule has 1 aliphatic carbocycles. The van der Waals surface area contributed by atoms with Crippen molar-refractivity contribution in [2.24, 2.45) is 0 Å². The number of amides is 1. The number of aromatic amines is 1. The van der Waals surface area contributed by atoms with Gasteiger partial charge in [0.05, 0.1) is 23.9 Å². The molecule has 0 saturated heterocycles. The van der Waals surface area contributed by atoms with Crippen molar-refractivity contribution in [3.05, 3.63) is 24.4 Å². The van der Waals surface area contributed by atoms with Crippen molar-refractivity contribution in [1.82, 2.24) is 15.5 Å². The van der Waals surface area contributed by atoms with Crippen molar-refractivity contribution in [2.75, 3.05) is 11.9 Å². The van der Waals surface area contributed by atoms with Gasteiger partial charge in [-0.1, -0.05) is 12.1 Å². The number of anilines is 1.